The number of allylic oxidation sites excluding steroid dienone is 1. The number of carbonyl (C=O) groups is 1. The number of hydrogen-bond donors (Lipinski definition) is 3. The van der Waals surface area contributed by atoms with Gasteiger partial charge in [0.2, 0.25) is 0 Å². The van der Waals surface area contributed by atoms with Crippen LogP contribution in [0, 0.1) is 14.9 Å². The molecular weight excluding hydrogens is 899 g/mol. The Morgan fingerprint density at radius 1 is 1.02 bits per heavy atom. The van der Waals surface area contributed by atoms with Crippen LogP contribution in [0.2, 0.25) is 5.02 Å². The molecule has 3 aromatic carbocycles. The monoisotopic (exact) mass is 948 g/mol. The first-order valence-electron chi connectivity index (χ1n) is 20.3. The lowest BCUT2D eigenvalue weighted by molar-refractivity contribution is 0.0699. The molecule has 1 amide bonds. The van der Waals surface area contributed by atoms with Gasteiger partial charge in [0.05, 0.1) is 16.7 Å². The van der Waals surface area contributed by atoms with Crippen molar-refractivity contribution in [3.05, 3.63) is 110 Å². The topological polar surface area (TPSA) is 129 Å². The number of fused-ring (bicyclic) bond motifs is 1. The Morgan fingerprint density at radius 2 is 1.80 bits per heavy atom. The fraction of sp³-hybridized carbons (Fsp3) is 0.378. The van der Waals surface area contributed by atoms with Gasteiger partial charge in [0.1, 0.15) is 17.1 Å². The number of piperazine rings is 1. The largest absolute Gasteiger partial charge is 0.455 e. The summed E-state index contributed by atoms with van der Waals surface area (Å²) in [6, 6.07) is 22.2. The average molecular weight is 949 g/mol. The molecule has 2 fully saturated rings. The number of H-pyrrole nitrogens is 1. The number of nitrogens with one attached hydrogen (secondary N) is 3. The lowest BCUT2D eigenvalue weighted by atomic mass is 9.72. The summed E-state index contributed by atoms with van der Waals surface area (Å²) >= 11 is 8.38. The van der Waals surface area contributed by atoms with Gasteiger partial charge in [-0.15, -0.1) is 0 Å². The highest BCUT2D eigenvalue weighted by atomic mass is 127. The van der Waals surface area contributed by atoms with Crippen LogP contribution in [0.25, 0.3) is 16.6 Å². The van der Waals surface area contributed by atoms with Gasteiger partial charge in [-0.3, -0.25) is 9.69 Å². The molecule has 0 spiro atoms. The zero-order chi connectivity index (χ0) is 41.1. The molecule has 2 aliphatic heterocycles. The molecule has 0 atom stereocenters. The quantitative estimate of drug-likeness (QED) is 0.105. The number of aromatic nitrogens is 2. The van der Waals surface area contributed by atoms with Crippen molar-refractivity contribution in [3.8, 4) is 11.5 Å². The van der Waals surface area contributed by atoms with Gasteiger partial charge in [0, 0.05) is 90.1 Å². The van der Waals surface area contributed by atoms with E-state index in [2.05, 4.69) is 78.4 Å². The van der Waals surface area contributed by atoms with Crippen LogP contribution in [0.15, 0.2) is 95.7 Å². The number of aromatic amines is 1. The van der Waals surface area contributed by atoms with E-state index >= 15 is 0 Å². The SMILES string of the molecule is CC1(C)CCC(CN2CCN(c3ccc(C(=O)NS(=O)(=O)c4ccc(NCC5CCOCC5)c(I)c4)c(Oc4cnc5[nH]ccc5c4)c3)CC2)=C(c2ccc(Cl)cc2)C1. The summed E-state index contributed by atoms with van der Waals surface area (Å²) in [6.45, 7) is 11.2. The van der Waals surface area contributed by atoms with E-state index in [-0.39, 0.29) is 21.6 Å². The molecule has 3 aliphatic rings. The van der Waals surface area contributed by atoms with Crippen LogP contribution in [0.4, 0.5) is 11.4 Å². The van der Waals surface area contributed by atoms with Crippen molar-refractivity contribution >= 4 is 78.1 Å². The molecule has 2 aromatic heterocycles. The lowest BCUT2D eigenvalue weighted by Gasteiger charge is -2.39. The van der Waals surface area contributed by atoms with Gasteiger partial charge >= 0.3 is 0 Å². The fourth-order valence-electron chi connectivity index (χ4n) is 8.23. The van der Waals surface area contributed by atoms with Gasteiger partial charge in [-0.05, 0) is 132 Å². The lowest BCUT2D eigenvalue weighted by Crippen LogP contribution is -2.47. The Morgan fingerprint density at radius 3 is 2.56 bits per heavy atom. The summed E-state index contributed by atoms with van der Waals surface area (Å²) in [5.41, 5.74) is 6.98. The number of amides is 1. The molecule has 1 aliphatic carbocycles. The van der Waals surface area contributed by atoms with Crippen molar-refractivity contribution in [2.24, 2.45) is 11.3 Å². The van der Waals surface area contributed by atoms with Crippen molar-refractivity contribution in [2.45, 2.75) is 50.8 Å². The number of anilines is 2. The predicted molar refractivity (Wildman–Crippen MR) is 243 cm³/mol. The highest BCUT2D eigenvalue weighted by molar-refractivity contribution is 14.1. The molecule has 0 saturated carbocycles. The number of hydrogen-bond acceptors (Lipinski definition) is 9. The zero-order valence-electron chi connectivity index (χ0n) is 33.4. The first-order chi connectivity index (χ1) is 28.4. The molecule has 0 radical (unpaired) electrons. The summed E-state index contributed by atoms with van der Waals surface area (Å²) in [5.74, 6) is 0.375. The normalized spacial score (nSPS) is 17.9. The van der Waals surface area contributed by atoms with E-state index < -0.39 is 15.9 Å². The Kier molecular flexibility index (Phi) is 12.6. The van der Waals surface area contributed by atoms with E-state index in [1.165, 1.54) is 22.8 Å². The summed E-state index contributed by atoms with van der Waals surface area (Å²) in [5, 5.41) is 5.05. The van der Waals surface area contributed by atoms with Crippen molar-refractivity contribution in [2.75, 3.05) is 62.7 Å². The number of halogens is 2. The Labute approximate surface area is 365 Å². The molecule has 14 heteroatoms. The Hall–Kier alpha value is -4.15. The molecule has 0 unspecified atom stereocenters. The van der Waals surface area contributed by atoms with Crippen LogP contribution in [0.3, 0.4) is 0 Å². The van der Waals surface area contributed by atoms with E-state index in [1.807, 2.05) is 36.4 Å². The first kappa shape index (κ1) is 41.6. The zero-order valence-corrected chi connectivity index (χ0v) is 37.1. The molecular formula is C45H50ClIN6O5S. The summed E-state index contributed by atoms with van der Waals surface area (Å²) in [6.07, 6.45) is 8.65. The van der Waals surface area contributed by atoms with Crippen LogP contribution >= 0.6 is 34.2 Å². The second-order valence-corrected chi connectivity index (χ2v) is 19.9. The van der Waals surface area contributed by atoms with Crippen LogP contribution in [-0.4, -0.2) is 81.7 Å². The van der Waals surface area contributed by atoms with E-state index in [0.717, 1.165) is 110 Å². The van der Waals surface area contributed by atoms with Gasteiger partial charge in [0.15, 0.2) is 0 Å². The smallest absolute Gasteiger partial charge is 0.268 e. The summed E-state index contributed by atoms with van der Waals surface area (Å²) in [4.78, 5) is 26.3. The third-order valence-electron chi connectivity index (χ3n) is 11.7. The van der Waals surface area contributed by atoms with Crippen molar-refractivity contribution in [1.29, 1.82) is 0 Å². The van der Waals surface area contributed by atoms with Crippen LogP contribution in [0.1, 0.15) is 61.9 Å². The predicted octanol–water partition coefficient (Wildman–Crippen LogP) is 9.36. The molecule has 0 bridgehead atoms. The molecule has 310 valence electrons. The number of sulfonamides is 1. The Balaban J connectivity index is 0.986. The van der Waals surface area contributed by atoms with Crippen LogP contribution in [-0.2, 0) is 14.8 Å². The van der Waals surface area contributed by atoms with E-state index in [0.29, 0.717) is 17.3 Å². The van der Waals surface area contributed by atoms with E-state index in [9.17, 15) is 13.2 Å². The molecule has 5 aromatic rings. The fourth-order valence-corrected chi connectivity index (χ4v) is 10.3. The van der Waals surface area contributed by atoms with Gasteiger partial charge < -0.3 is 24.7 Å². The van der Waals surface area contributed by atoms with E-state index in [1.54, 1.807) is 30.6 Å². The van der Waals surface area contributed by atoms with Crippen molar-refractivity contribution in [3.63, 3.8) is 0 Å². The summed E-state index contributed by atoms with van der Waals surface area (Å²) < 4.78 is 42.2. The maximum Gasteiger partial charge on any atom is 0.268 e. The molecule has 2 saturated heterocycles. The second-order valence-electron chi connectivity index (χ2n) is 16.6. The molecule has 59 heavy (non-hydrogen) atoms. The maximum absolute atomic E-state index is 13.9. The Bertz CT molecular complexity index is 2460. The molecule has 3 N–H and O–H groups in total. The minimum atomic E-state index is -4.22. The molecule has 8 rings (SSSR count). The molecule has 4 heterocycles. The van der Waals surface area contributed by atoms with Crippen LogP contribution < -0.4 is 19.7 Å². The minimum absolute atomic E-state index is 0.000997. The van der Waals surface area contributed by atoms with Gasteiger partial charge in [-0.1, -0.05) is 43.2 Å². The first-order valence-corrected chi connectivity index (χ1v) is 23.2. The van der Waals surface area contributed by atoms with E-state index in [4.69, 9.17) is 21.1 Å². The highest BCUT2D eigenvalue weighted by Gasteiger charge is 2.30. The number of benzene rings is 3. The number of pyridine rings is 1. The highest BCUT2D eigenvalue weighted by Crippen LogP contribution is 2.43. The third kappa shape index (κ3) is 10.1. The number of ether oxygens (including phenoxy) is 2. The average Bonchev–Trinajstić information content (AvgIpc) is 3.70. The molecule has 11 nitrogen and oxygen atoms in total. The number of carbonyl (C=O) groups excluding carboxylic acids is 1. The minimum Gasteiger partial charge on any atom is -0.455 e. The maximum atomic E-state index is 13.9. The standard InChI is InChI=1S/C45H50ClIN6O5S/c1-45(2)15-11-33(39(26-45)31-3-5-34(46)6-4-31)29-52-17-19-53(20-18-52)35-7-9-38(42(24-35)58-36-23-32-12-16-48-43(32)50-28-36)44(54)51-59(55,56)37-8-10-41(40(47)25-37)49-27-30-13-21-57-22-14-30/h3-10,12,16,23-25,28,30,49H,11,13-15,17-22,26-27,29H2,1-2H3,(H,48,50)(H,51,54). The van der Waals surface area contributed by atoms with Gasteiger partial charge in [-0.2, -0.15) is 0 Å². The number of rotatable bonds is 12. The van der Waals surface area contributed by atoms with Crippen molar-refractivity contribution < 1.29 is 22.7 Å². The number of nitrogens with zero attached hydrogens (tertiary/aromatic N) is 3. The van der Waals surface area contributed by atoms with Gasteiger partial charge in [-0.25, -0.2) is 18.1 Å². The van der Waals surface area contributed by atoms with Gasteiger partial charge in [0.25, 0.3) is 15.9 Å². The van der Waals surface area contributed by atoms with Crippen molar-refractivity contribution in [1.82, 2.24) is 19.6 Å². The van der Waals surface area contributed by atoms with Crippen LogP contribution in [0.5, 0.6) is 11.5 Å². The summed E-state index contributed by atoms with van der Waals surface area (Å²) in [7, 11) is -4.22. The second kappa shape index (κ2) is 17.8. The third-order valence-corrected chi connectivity index (χ3v) is 14.2.